The average Bonchev–Trinajstić information content (AvgIpc) is 2.67. The highest BCUT2D eigenvalue weighted by molar-refractivity contribution is 5.91. The highest BCUT2D eigenvalue weighted by atomic mass is 19.3. The molecular weight excluding hydrogens is 368 g/mol. The zero-order valence-corrected chi connectivity index (χ0v) is 16.0. The van der Waals surface area contributed by atoms with Crippen LogP contribution in [-0.4, -0.2) is 38.2 Å². The van der Waals surface area contributed by atoms with Gasteiger partial charge in [0.2, 0.25) is 5.91 Å². The van der Waals surface area contributed by atoms with Crippen molar-refractivity contribution in [2.24, 2.45) is 0 Å². The Morgan fingerprint density at radius 1 is 1.18 bits per heavy atom. The average molecular weight is 391 g/mol. The number of hydrogen-bond donors (Lipinski definition) is 0. The number of ether oxygens (including phenoxy) is 3. The molecule has 0 aromatic heterocycles. The van der Waals surface area contributed by atoms with Gasteiger partial charge in [-0.1, -0.05) is 18.2 Å². The highest BCUT2D eigenvalue weighted by Crippen LogP contribution is 2.30. The summed E-state index contributed by atoms with van der Waals surface area (Å²) in [5.41, 5.74) is 1.57. The molecule has 0 N–H and O–H groups in total. The molecule has 2 rings (SSSR count). The number of carbonyl (C=O) groups is 1. The van der Waals surface area contributed by atoms with E-state index >= 15 is 0 Å². The molecule has 0 aliphatic heterocycles. The molecule has 0 aliphatic rings. The van der Waals surface area contributed by atoms with Crippen LogP contribution in [0.25, 0.3) is 6.08 Å². The Bertz CT molecular complexity index is 824. The van der Waals surface area contributed by atoms with E-state index < -0.39 is 6.61 Å². The Morgan fingerprint density at radius 2 is 1.96 bits per heavy atom. The number of halogens is 2. The molecule has 7 heteroatoms. The first kappa shape index (κ1) is 21.2. The van der Waals surface area contributed by atoms with Crippen LogP contribution in [0.3, 0.4) is 0 Å². The van der Waals surface area contributed by atoms with Gasteiger partial charge in [0.15, 0.2) is 11.5 Å². The van der Waals surface area contributed by atoms with E-state index in [0.29, 0.717) is 18.7 Å². The van der Waals surface area contributed by atoms with Gasteiger partial charge in [-0.15, -0.1) is 0 Å². The lowest BCUT2D eigenvalue weighted by Gasteiger charge is -2.16. The topological polar surface area (TPSA) is 48.0 Å². The van der Waals surface area contributed by atoms with E-state index in [-0.39, 0.29) is 17.4 Å². The normalized spacial score (nSPS) is 10.9. The quantitative estimate of drug-likeness (QED) is 0.596. The maximum atomic E-state index is 12.5. The Hall–Kier alpha value is -3.09. The van der Waals surface area contributed by atoms with Crippen LogP contribution in [0.5, 0.6) is 17.2 Å². The summed E-state index contributed by atoms with van der Waals surface area (Å²) in [6.07, 6.45) is 3.01. The van der Waals surface area contributed by atoms with Crippen LogP contribution in [0.2, 0.25) is 0 Å². The predicted octanol–water partition coefficient (Wildman–Crippen LogP) is 4.37. The monoisotopic (exact) mass is 391 g/mol. The van der Waals surface area contributed by atoms with E-state index in [0.717, 1.165) is 11.3 Å². The SMILES string of the molecule is CCOc1cc(/C=C/C(=O)N(C)Cc2cccc(OC)c2)ccc1OC(F)F. The molecule has 0 aliphatic carbocycles. The van der Waals surface area contributed by atoms with Crippen molar-refractivity contribution in [3.63, 3.8) is 0 Å². The number of alkyl halides is 2. The van der Waals surface area contributed by atoms with Gasteiger partial charge >= 0.3 is 6.61 Å². The summed E-state index contributed by atoms with van der Waals surface area (Å²) in [6.45, 7) is -0.473. The molecule has 0 heterocycles. The van der Waals surface area contributed by atoms with Gasteiger partial charge in [0, 0.05) is 19.7 Å². The van der Waals surface area contributed by atoms with Crippen LogP contribution >= 0.6 is 0 Å². The molecule has 1 amide bonds. The summed E-state index contributed by atoms with van der Waals surface area (Å²) in [7, 11) is 3.28. The van der Waals surface area contributed by atoms with E-state index in [4.69, 9.17) is 9.47 Å². The van der Waals surface area contributed by atoms with Crippen LogP contribution in [0.1, 0.15) is 18.1 Å². The number of likely N-dealkylation sites (N-methyl/N-ethyl adjacent to an activating group) is 1. The summed E-state index contributed by atoms with van der Waals surface area (Å²) < 4.78 is 39.9. The second-order valence-corrected chi connectivity index (χ2v) is 5.90. The van der Waals surface area contributed by atoms with Crippen molar-refractivity contribution in [3.8, 4) is 17.2 Å². The fourth-order valence-corrected chi connectivity index (χ4v) is 2.51. The molecule has 5 nitrogen and oxygen atoms in total. The van der Waals surface area contributed by atoms with E-state index in [1.54, 1.807) is 44.2 Å². The molecule has 0 fully saturated rings. The summed E-state index contributed by atoms with van der Waals surface area (Å²) in [5.74, 6) is 0.676. The lowest BCUT2D eigenvalue weighted by Crippen LogP contribution is -2.24. The van der Waals surface area contributed by atoms with E-state index in [2.05, 4.69) is 4.74 Å². The summed E-state index contributed by atoms with van der Waals surface area (Å²) in [4.78, 5) is 13.9. The number of hydrogen-bond acceptors (Lipinski definition) is 4. The van der Waals surface area contributed by atoms with E-state index in [1.807, 2.05) is 24.3 Å². The Morgan fingerprint density at radius 3 is 2.64 bits per heavy atom. The van der Waals surface area contributed by atoms with Crippen molar-refractivity contribution in [1.29, 1.82) is 0 Å². The molecule has 150 valence electrons. The number of carbonyl (C=O) groups excluding carboxylic acids is 1. The number of rotatable bonds is 9. The predicted molar refractivity (Wildman–Crippen MR) is 103 cm³/mol. The van der Waals surface area contributed by atoms with Gasteiger partial charge in [0.1, 0.15) is 5.75 Å². The Balaban J connectivity index is 2.06. The summed E-state index contributed by atoms with van der Waals surface area (Å²) in [6, 6.07) is 12.0. The molecule has 2 aromatic rings. The summed E-state index contributed by atoms with van der Waals surface area (Å²) in [5, 5.41) is 0. The second-order valence-electron chi connectivity index (χ2n) is 5.90. The molecular formula is C21H23F2NO4. The number of nitrogens with zero attached hydrogens (tertiary/aromatic N) is 1. The first-order valence-corrected chi connectivity index (χ1v) is 8.70. The van der Waals surface area contributed by atoms with Crippen molar-refractivity contribution in [3.05, 3.63) is 59.7 Å². The molecule has 0 unspecified atom stereocenters. The molecule has 28 heavy (non-hydrogen) atoms. The largest absolute Gasteiger partial charge is 0.497 e. The minimum absolute atomic E-state index is 0.0459. The maximum Gasteiger partial charge on any atom is 0.387 e. The van der Waals surface area contributed by atoms with Crippen LogP contribution in [0.4, 0.5) is 8.78 Å². The molecule has 0 spiro atoms. The second kappa shape index (κ2) is 10.3. The summed E-state index contributed by atoms with van der Waals surface area (Å²) >= 11 is 0. The van der Waals surface area contributed by atoms with Crippen molar-refractivity contribution in [2.75, 3.05) is 20.8 Å². The molecule has 0 saturated heterocycles. The minimum atomic E-state index is -2.94. The third-order valence-electron chi connectivity index (χ3n) is 3.83. The van der Waals surface area contributed by atoms with Gasteiger partial charge in [0.05, 0.1) is 13.7 Å². The zero-order valence-electron chi connectivity index (χ0n) is 16.0. The van der Waals surface area contributed by atoms with Crippen LogP contribution < -0.4 is 14.2 Å². The van der Waals surface area contributed by atoms with Gasteiger partial charge in [0.25, 0.3) is 0 Å². The first-order valence-electron chi connectivity index (χ1n) is 8.70. The number of benzene rings is 2. The van der Waals surface area contributed by atoms with Crippen molar-refractivity contribution in [2.45, 2.75) is 20.1 Å². The van der Waals surface area contributed by atoms with E-state index in [9.17, 15) is 13.6 Å². The highest BCUT2D eigenvalue weighted by Gasteiger charge is 2.11. The third kappa shape index (κ3) is 6.26. The van der Waals surface area contributed by atoms with Gasteiger partial charge in [-0.3, -0.25) is 4.79 Å². The van der Waals surface area contributed by atoms with Gasteiger partial charge in [-0.25, -0.2) is 0 Å². The molecule has 0 bridgehead atoms. The van der Waals surface area contributed by atoms with Gasteiger partial charge in [-0.2, -0.15) is 8.78 Å². The molecule has 0 saturated carbocycles. The van der Waals surface area contributed by atoms with Crippen LogP contribution in [-0.2, 0) is 11.3 Å². The minimum Gasteiger partial charge on any atom is -0.497 e. The van der Waals surface area contributed by atoms with Crippen molar-refractivity contribution < 1.29 is 27.8 Å². The lowest BCUT2D eigenvalue weighted by atomic mass is 10.1. The lowest BCUT2D eigenvalue weighted by molar-refractivity contribution is -0.125. The van der Waals surface area contributed by atoms with Crippen molar-refractivity contribution >= 4 is 12.0 Å². The first-order chi connectivity index (χ1) is 13.4. The van der Waals surface area contributed by atoms with Crippen molar-refractivity contribution in [1.82, 2.24) is 4.90 Å². The zero-order chi connectivity index (χ0) is 20.5. The smallest absolute Gasteiger partial charge is 0.387 e. The third-order valence-corrected chi connectivity index (χ3v) is 3.83. The molecule has 2 aromatic carbocycles. The fourth-order valence-electron chi connectivity index (χ4n) is 2.51. The Kier molecular flexibility index (Phi) is 7.80. The molecule has 0 radical (unpaired) electrons. The maximum absolute atomic E-state index is 12.5. The number of methoxy groups -OCH3 is 1. The van der Waals surface area contributed by atoms with Gasteiger partial charge in [-0.05, 0) is 48.4 Å². The van der Waals surface area contributed by atoms with Crippen LogP contribution in [0, 0.1) is 0 Å². The Labute approximate surface area is 163 Å². The fraction of sp³-hybridized carbons (Fsp3) is 0.286. The molecule has 0 atom stereocenters. The van der Waals surface area contributed by atoms with Crippen LogP contribution in [0.15, 0.2) is 48.5 Å². The standard InChI is InChI=1S/C21H23F2NO4/c1-4-27-19-13-15(8-10-18(19)28-21(22)23)9-11-20(25)24(2)14-16-6-5-7-17(12-16)26-3/h5-13,21H,4,14H2,1-3H3/b11-9+. The van der Waals surface area contributed by atoms with E-state index in [1.165, 1.54) is 12.1 Å². The van der Waals surface area contributed by atoms with Gasteiger partial charge < -0.3 is 19.1 Å². The number of amides is 1.